The SMILES string of the molecule is C=CCOC(=O)C(C)CC(C)(C)[N+](=O)[O-]. The van der Waals surface area contributed by atoms with Crippen molar-refractivity contribution < 1.29 is 14.5 Å². The molecule has 0 bridgehead atoms. The van der Waals surface area contributed by atoms with Crippen molar-refractivity contribution in [2.75, 3.05) is 6.61 Å². The summed E-state index contributed by atoms with van der Waals surface area (Å²) in [6.45, 7) is 8.15. The lowest BCUT2D eigenvalue weighted by molar-refractivity contribution is -0.562. The number of ether oxygens (including phenoxy) is 1. The van der Waals surface area contributed by atoms with Crippen LogP contribution in [0.2, 0.25) is 0 Å². The molecular weight excluding hydrogens is 198 g/mol. The van der Waals surface area contributed by atoms with Crippen molar-refractivity contribution in [2.45, 2.75) is 32.7 Å². The molecule has 0 rings (SSSR count). The number of carbonyl (C=O) groups is 1. The highest BCUT2D eigenvalue weighted by Crippen LogP contribution is 2.20. The number of hydrogen-bond acceptors (Lipinski definition) is 4. The smallest absolute Gasteiger partial charge is 0.309 e. The maximum absolute atomic E-state index is 11.3. The molecule has 0 spiro atoms. The lowest BCUT2D eigenvalue weighted by atomic mass is 9.92. The molecule has 0 fully saturated rings. The van der Waals surface area contributed by atoms with Crippen molar-refractivity contribution in [2.24, 2.45) is 5.92 Å². The maximum atomic E-state index is 11.3. The van der Waals surface area contributed by atoms with Gasteiger partial charge in [0.1, 0.15) is 6.61 Å². The van der Waals surface area contributed by atoms with Crippen LogP contribution in [0.3, 0.4) is 0 Å². The third-order valence-electron chi connectivity index (χ3n) is 2.05. The summed E-state index contributed by atoms with van der Waals surface area (Å²) < 4.78 is 4.80. The molecule has 86 valence electrons. The molecule has 0 radical (unpaired) electrons. The second-order valence-corrected chi connectivity index (χ2v) is 4.09. The van der Waals surface area contributed by atoms with Gasteiger partial charge in [0.2, 0.25) is 5.54 Å². The number of carbonyl (C=O) groups excluding carboxylic acids is 1. The van der Waals surface area contributed by atoms with Gasteiger partial charge in [-0.15, -0.1) is 0 Å². The normalized spacial score (nSPS) is 13.0. The van der Waals surface area contributed by atoms with E-state index in [1.54, 1.807) is 6.92 Å². The van der Waals surface area contributed by atoms with E-state index in [0.717, 1.165) is 0 Å². The molecule has 0 amide bonds. The molecule has 0 saturated heterocycles. The van der Waals surface area contributed by atoms with Crippen LogP contribution in [0, 0.1) is 16.0 Å². The largest absolute Gasteiger partial charge is 0.461 e. The lowest BCUT2D eigenvalue weighted by Crippen LogP contribution is -2.35. The number of rotatable bonds is 6. The van der Waals surface area contributed by atoms with Crippen LogP contribution in [0.4, 0.5) is 0 Å². The van der Waals surface area contributed by atoms with Gasteiger partial charge in [-0.1, -0.05) is 19.6 Å². The van der Waals surface area contributed by atoms with E-state index in [2.05, 4.69) is 6.58 Å². The van der Waals surface area contributed by atoms with Crippen LogP contribution in [-0.2, 0) is 9.53 Å². The van der Waals surface area contributed by atoms with E-state index in [0.29, 0.717) is 0 Å². The molecule has 1 atom stereocenters. The van der Waals surface area contributed by atoms with E-state index in [1.165, 1.54) is 19.9 Å². The highest BCUT2D eigenvalue weighted by Gasteiger charge is 2.35. The second kappa shape index (κ2) is 5.48. The highest BCUT2D eigenvalue weighted by atomic mass is 16.6. The third-order valence-corrected chi connectivity index (χ3v) is 2.05. The molecule has 0 saturated carbocycles. The summed E-state index contributed by atoms with van der Waals surface area (Å²) in [4.78, 5) is 21.6. The Bertz CT molecular complexity index is 260. The standard InChI is InChI=1S/C10H17NO4/c1-5-6-15-9(12)8(2)7-10(3,4)11(13)14/h5,8H,1,6-7H2,2-4H3. The minimum atomic E-state index is -1.10. The van der Waals surface area contributed by atoms with E-state index in [9.17, 15) is 14.9 Å². The van der Waals surface area contributed by atoms with E-state index in [-0.39, 0.29) is 18.0 Å². The van der Waals surface area contributed by atoms with Crippen LogP contribution in [0.25, 0.3) is 0 Å². The van der Waals surface area contributed by atoms with Crippen LogP contribution in [0.1, 0.15) is 27.2 Å². The topological polar surface area (TPSA) is 69.4 Å². The molecule has 0 heterocycles. The van der Waals surface area contributed by atoms with Gasteiger partial charge in [-0.2, -0.15) is 0 Å². The number of nitro groups is 1. The van der Waals surface area contributed by atoms with Gasteiger partial charge in [0.25, 0.3) is 0 Å². The van der Waals surface area contributed by atoms with E-state index in [4.69, 9.17) is 4.74 Å². The molecule has 0 aliphatic rings. The summed E-state index contributed by atoms with van der Waals surface area (Å²) in [5.41, 5.74) is -1.10. The molecule has 1 unspecified atom stereocenters. The first-order chi connectivity index (χ1) is 6.81. The van der Waals surface area contributed by atoms with Crippen LogP contribution in [0.15, 0.2) is 12.7 Å². The Balaban J connectivity index is 4.23. The van der Waals surface area contributed by atoms with Crippen LogP contribution >= 0.6 is 0 Å². The molecular formula is C10H17NO4. The van der Waals surface area contributed by atoms with Gasteiger partial charge in [-0.05, 0) is 0 Å². The van der Waals surface area contributed by atoms with Crippen molar-refractivity contribution in [1.82, 2.24) is 0 Å². The Morgan fingerprint density at radius 3 is 2.60 bits per heavy atom. The average molecular weight is 215 g/mol. The molecule has 0 aromatic carbocycles. The molecule has 5 heteroatoms. The summed E-state index contributed by atoms with van der Waals surface area (Å²) in [6, 6.07) is 0. The maximum Gasteiger partial charge on any atom is 0.309 e. The molecule has 5 nitrogen and oxygen atoms in total. The van der Waals surface area contributed by atoms with Gasteiger partial charge in [0.15, 0.2) is 0 Å². The van der Waals surface area contributed by atoms with Crippen molar-refractivity contribution in [3.63, 3.8) is 0 Å². The quantitative estimate of drug-likeness (QED) is 0.293. The van der Waals surface area contributed by atoms with E-state index < -0.39 is 17.4 Å². The first-order valence-electron chi connectivity index (χ1n) is 4.73. The minimum absolute atomic E-state index is 0.141. The number of esters is 1. The van der Waals surface area contributed by atoms with Gasteiger partial charge in [-0.25, -0.2) is 0 Å². The molecule has 15 heavy (non-hydrogen) atoms. The van der Waals surface area contributed by atoms with Crippen molar-refractivity contribution in [3.05, 3.63) is 22.8 Å². The second-order valence-electron chi connectivity index (χ2n) is 4.09. The van der Waals surface area contributed by atoms with Gasteiger partial charge >= 0.3 is 5.97 Å². The first kappa shape index (κ1) is 13.6. The predicted octanol–water partition coefficient (Wildman–Crippen LogP) is 1.80. The zero-order valence-electron chi connectivity index (χ0n) is 9.36. The lowest BCUT2D eigenvalue weighted by Gasteiger charge is -2.18. The fourth-order valence-electron chi connectivity index (χ4n) is 1.19. The van der Waals surface area contributed by atoms with E-state index >= 15 is 0 Å². The number of hydrogen-bond donors (Lipinski definition) is 0. The fraction of sp³-hybridized carbons (Fsp3) is 0.700. The Morgan fingerprint density at radius 2 is 2.20 bits per heavy atom. The Hall–Kier alpha value is -1.39. The molecule has 0 aromatic heterocycles. The van der Waals surface area contributed by atoms with Crippen LogP contribution in [0.5, 0.6) is 0 Å². The summed E-state index contributed by atoms with van der Waals surface area (Å²) in [7, 11) is 0. The molecule has 0 aliphatic carbocycles. The van der Waals surface area contributed by atoms with Gasteiger partial charge in [0, 0.05) is 25.2 Å². The van der Waals surface area contributed by atoms with Crippen LogP contribution < -0.4 is 0 Å². The van der Waals surface area contributed by atoms with Gasteiger partial charge in [0.05, 0.1) is 5.92 Å². The summed E-state index contributed by atoms with van der Waals surface area (Å²) in [5.74, 6) is -0.907. The Kier molecular flexibility index (Phi) is 4.97. The minimum Gasteiger partial charge on any atom is -0.461 e. The van der Waals surface area contributed by atoms with Crippen LogP contribution in [-0.4, -0.2) is 23.0 Å². The molecule has 0 aromatic rings. The zero-order valence-corrected chi connectivity index (χ0v) is 9.36. The fourth-order valence-corrected chi connectivity index (χ4v) is 1.19. The van der Waals surface area contributed by atoms with Gasteiger partial charge < -0.3 is 4.74 Å². The van der Waals surface area contributed by atoms with E-state index in [1.807, 2.05) is 0 Å². The summed E-state index contributed by atoms with van der Waals surface area (Å²) in [5, 5.41) is 10.6. The highest BCUT2D eigenvalue weighted by molar-refractivity contribution is 5.72. The average Bonchev–Trinajstić information content (AvgIpc) is 2.13. The van der Waals surface area contributed by atoms with Crippen molar-refractivity contribution in [3.8, 4) is 0 Å². The monoisotopic (exact) mass is 215 g/mol. The first-order valence-corrected chi connectivity index (χ1v) is 4.73. The number of nitrogens with zero attached hydrogens (tertiary/aromatic N) is 1. The third kappa shape index (κ3) is 4.58. The molecule has 0 aliphatic heterocycles. The molecule has 0 N–H and O–H groups in total. The van der Waals surface area contributed by atoms with Crippen molar-refractivity contribution >= 4 is 5.97 Å². The Labute approximate surface area is 89.3 Å². The van der Waals surface area contributed by atoms with Gasteiger partial charge in [-0.3, -0.25) is 14.9 Å². The summed E-state index contributed by atoms with van der Waals surface area (Å²) >= 11 is 0. The summed E-state index contributed by atoms with van der Waals surface area (Å²) in [6.07, 6.45) is 1.62. The predicted molar refractivity (Wildman–Crippen MR) is 56.0 cm³/mol. The van der Waals surface area contributed by atoms with Crippen molar-refractivity contribution in [1.29, 1.82) is 0 Å². The Morgan fingerprint density at radius 1 is 1.67 bits per heavy atom. The zero-order chi connectivity index (χ0) is 12.1.